The smallest absolute Gasteiger partial charge is 0.0643 e. The van der Waals surface area contributed by atoms with Gasteiger partial charge in [-0.05, 0) is 43.9 Å². The fraction of sp³-hybridized carbons (Fsp3) is 0.571. The van der Waals surface area contributed by atoms with E-state index in [-0.39, 0.29) is 0 Å². The highest BCUT2D eigenvalue weighted by Crippen LogP contribution is 2.34. The van der Waals surface area contributed by atoms with Crippen molar-refractivity contribution in [2.45, 2.75) is 38.3 Å². The third-order valence-corrected chi connectivity index (χ3v) is 4.52. The Balaban J connectivity index is 1.73. The van der Waals surface area contributed by atoms with Gasteiger partial charge in [0.1, 0.15) is 0 Å². The van der Waals surface area contributed by atoms with E-state index in [1.54, 1.807) is 0 Å². The fourth-order valence-corrected chi connectivity index (χ4v) is 3.07. The van der Waals surface area contributed by atoms with E-state index in [0.717, 1.165) is 40.4 Å². The number of benzene rings is 1. The lowest BCUT2D eigenvalue weighted by Crippen LogP contribution is -2.34. The van der Waals surface area contributed by atoms with E-state index in [0.29, 0.717) is 6.04 Å². The summed E-state index contributed by atoms with van der Waals surface area (Å²) in [5.74, 6) is 0. The van der Waals surface area contributed by atoms with Crippen molar-refractivity contribution >= 4 is 28.9 Å². The van der Waals surface area contributed by atoms with E-state index in [1.807, 2.05) is 19.1 Å². The Labute approximate surface area is 118 Å². The molecule has 98 valence electrons. The topological polar surface area (TPSA) is 15.3 Å². The molecular formula is C14H18Cl2N2. The number of anilines is 1. The van der Waals surface area contributed by atoms with E-state index >= 15 is 0 Å². The van der Waals surface area contributed by atoms with Gasteiger partial charge in [-0.3, -0.25) is 0 Å². The summed E-state index contributed by atoms with van der Waals surface area (Å²) >= 11 is 12.5. The van der Waals surface area contributed by atoms with Crippen LogP contribution in [-0.4, -0.2) is 25.2 Å². The number of hydrogen-bond donors (Lipinski definition) is 1. The minimum absolute atomic E-state index is 0.605. The Hall–Kier alpha value is -0.440. The maximum absolute atomic E-state index is 6.33. The molecule has 1 N–H and O–H groups in total. The zero-order chi connectivity index (χ0) is 12.7. The van der Waals surface area contributed by atoms with Gasteiger partial charge in [0, 0.05) is 30.2 Å². The van der Waals surface area contributed by atoms with Gasteiger partial charge in [-0.15, -0.1) is 0 Å². The predicted molar refractivity (Wildman–Crippen MR) is 78.0 cm³/mol. The predicted octanol–water partition coefficient (Wildman–Crippen LogP) is 3.63. The van der Waals surface area contributed by atoms with E-state index in [4.69, 9.17) is 23.2 Å². The lowest BCUT2D eigenvalue weighted by molar-refractivity contribution is 0.548. The Morgan fingerprint density at radius 3 is 2.61 bits per heavy atom. The molecule has 1 saturated heterocycles. The molecule has 0 aromatic heterocycles. The van der Waals surface area contributed by atoms with Gasteiger partial charge in [-0.25, -0.2) is 0 Å². The monoisotopic (exact) mass is 284 g/mol. The number of nitrogens with one attached hydrogen (secondary N) is 1. The van der Waals surface area contributed by atoms with Crippen LogP contribution in [0.25, 0.3) is 0 Å². The molecule has 0 spiro atoms. The minimum atomic E-state index is 0.605. The molecule has 1 aromatic carbocycles. The first-order valence-corrected chi connectivity index (χ1v) is 7.35. The highest BCUT2D eigenvalue weighted by molar-refractivity contribution is 6.35. The highest BCUT2D eigenvalue weighted by atomic mass is 35.5. The zero-order valence-corrected chi connectivity index (χ0v) is 12.1. The Kier molecular flexibility index (Phi) is 3.44. The average Bonchev–Trinajstić information content (AvgIpc) is 3.01. The molecule has 0 amide bonds. The Bertz CT molecular complexity index is 457. The highest BCUT2D eigenvalue weighted by Gasteiger charge is 2.29. The number of aryl methyl sites for hydroxylation is 1. The van der Waals surface area contributed by atoms with E-state index in [2.05, 4.69) is 10.2 Å². The second kappa shape index (κ2) is 4.92. The minimum Gasteiger partial charge on any atom is -0.369 e. The fourth-order valence-electron chi connectivity index (χ4n) is 2.58. The standard InChI is InChI=1S/C14H18Cl2N2/c1-9-6-13(16)14(7-12(9)15)18-5-4-11(8-18)17-10-2-3-10/h6-7,10-11,17H,2-5,8H2,1H3. The first kappa shape index (κ1) is 12.6. The van der Waals surface area contributed by atoms with Crippen LogP contribution in [0.15, 0.2) is 12.1 Å². The molecule has 0 bridgehead atoms. The van der Waals surface area contributed by atoms with Gasteiger partial charge in [0.2, 0.25) is 0 Å². The van der Waals surface area contributed by atoms with Crippen molar-refractivity contribution in [1.29, 1.82) is 0 Å². The van der Waals surface area contributed by atoms with Crippen LogP contribution in [0.2, 0.25) is 10.0 Å². The summed E-state index contributed by atoms with van der Waals surface area (Å²) in [4.78, 5) is 2.34. The van der Waals surface area contributed by atoms with Crippen molar-refractivity contribution in [2.24, 2.45) is 0 Å². The number of halogens is 2. The third kappa shape index (κ3) is 2.61. The second-order valence-electron chi connectivity index (χ2n) is 5.43. The van der Waals surface area contributed by atoms with Gasteiger partial charge in [-0.2, -0.15) is 0 Å². The quantitative estimate of drug-likeness (QED) is 0.912. The molecule has 1 unspecified atom stereocenters. The van der Waals surface area contributed by atoms with Gasteiger partial charge in [-0.1, -0.05) is 23.2 Å². The van der Waals surface area contributed by atoms with Crippen molar-refractivity contribution in [2.75, 3.05) is 18.0 Å². The van der Waals surface area contributed by atoms with E-state index < -0.39 is 0 Å². The van der Waals surface area contributed by atoms with Crippen molar-refractivity contribution in [3.05, 3.63) is 27.7 Å². The largest absolute Gasteiger partial charge is 0.369 e. The maximum atomic E-state index is 6.33. The van der Waals surface area contributed by atoms with Crippen molar-refractivity contribution in [1.82, 2.24) is 5.32 Å². The van der Waals surface area contributed by atoms with Crippen LogP contribution in [-0.2, 0) is 0 Å². The Morgan fingerprint density at radius 1 is 1.11 bits per heavy atom. The number of nitrogens with zero attached hydrogens (tertiary/aromatic N) is 1. The molecule has 0 radical (unpaired) electrons. The van der Waals surface area contributed by atoms with Crippen LogP contribution in [0.3, 0.4) is 0 Å². The van der Waals surface area contributed by atoms with Crippen LogP contribution in [0.1, 0.15) is 24.8 Å². The molecule has 1 saturated carbocycles. The molecule has 18 heavy (non-hydrogen) atoms. The first-order valence-electron chi connectivity index (χ1n) is 6.60. The van der Waals surface area contributed by atoms with E-state index in [1.165, 1.54) is 19.3 Å². The Morgan fingerprint density at radius 2 is 1.89 bits per heavy atom. The molecule has 1 heterocycles. The lowest BCUT2D eigenvalue weighted by Gasteiger charge is -2.21. The van der Waals surface area contributed by atoms with Crippen LogP contribution in [0.4, 0.5) is 5.69 Å². The van der Waals surface area contributed by atoms with Crippen molar-refractivity contribution in [3.8, 4) is 0 Å². The second-order valence-corrected chi connectivity index (χ2v) is 6.24. The maximum Gasteiger partial charge on any atom is 0.0643 e. The van der Waals surface area contributed by atoms with Gasteiger partial charge < -0.3 is 10.2 Å². The normalized spacial score (nSPS) is 23.7. The van der Waals surface area contributed by atoms with Crippen LogP contribution in [0, 0.1) is 6.92 Å². The molecule has 2 nitrogen and oxygen atoms in total. The summed E-state index contributed by atoms with van der Waals surface area (Å²) in [5.41, 5.74) is 2.12. The van der Waals surface area contributed by atoms with Crippen LogP contribution >= 0.6 is 23.2 Å². The first-order chi connectivity index (χ1) is 8.63. The summed E-state index contributed by atoms with van der Waals surface area (Å²) < 4.78 is 0. The van der Waals surface area contributed by atoms with Gasteiger partial charge >= 0.3 is 0 Å². The third-order valence-electron chi connectivity index (χ3n) is 3.81. The summed E-state index contributed by atoms with van der Waals surface area (Å²) in [7, 11) is 0. The van der Waals surface area contributed by atoms with Crippen molar-refractivity contribution in [3.63, 3.8) is 0 Å². The van der Waals surface area contributed by atoms with Gasteiger partial charge in [0.05, 0.1) is 10.7 Å². The molecule has 2 aliphatic rings. The summed E-state index contributed by atoms with van der Waals surface area (Å²) in [6.07, 6.45) is 3.87. The average molecular weight is 285 g/mol. The summed E-state index contributed by atoms with van der Waals surface area (Å²) in [6.45, 7) is 4.08. The molecule has 2 fully saturated rings. The molecule has 1 atom stereocenters. The molecule has 1 aromatic rings. The SMILES string of the molecule is Cc1cc(Cl)c(N2CCC(NC3CC3)C2)cc1Cl. The number of rotatable bonds is 3. The van der Waals surface area contributed by atoms with Crippen LogP contribution < -0.4 is 10.2 Å². The van der Waals surface area contributed by atoms with E-state index in [9.17, 15) is 0 Å². The van der Waals surface area contributed by atoms with Gasteiger partial charge in [0.15, 0.2) is 0 Å². The summed E-state index contributed by atoms with van der Waals surface area (Å²) in [6, 6.07) is 5.33. The van der Waals surface area contributed by atoms with Crippen molar-refractivity contribution < 1.29 is 0 Å². The van der Waals surface area contributed by atoms with Gasteiger partial charge in [0.25, 0.3) is 0 Å². The molecule has 4 heteroatoms. The summed E-state index contributed by atoms with van der Waals surface area (Å²) in [5, 5.41) is 5.29. The molecule has 1 aliphatic carbocycles. The molecular weight excluding hydrogens is 267 g/mol. The van der Waals surface area contributed by atoms with Crippen LogP contribution in [0.5, 0.6) is 0 Å². The molecule has 3 rings (SSSR count). The zero-order valence-electron chi connectivity index (χ0n) is 10.5. The lowest BCUT2D eigenvalue weighted by atomic mass is 10.2. The number of hydrogen-bond acceptors (Lipinski definition) is 2. The molecule has 1 aliphatic heterocycles.